The second-order valence-electron chi connectivity index (χ2n) is 4.78. The molecule has 0 radical (unpaired) electrons. The Kier molecular flexibility index (Phi) is 3.26. The van der Waals surface area contributed by atoms with E-state index in [9.17, 15) is 10.2 Å². The minimum Gasteiger partial charge on any atom is -0.394 e. The van der Waals surface area contributed by atoms with Gasteiger partial charge in [-0.3, -0.25) is 10.3 Å². The molecule has 3 heterocycles. The fourth-order valence-electron chi connectivity index (χ4n) is 2.57. The van der Waals surface area contributed by atoms with Gasteiger partial charge in [0.05, 0.1) is 6.61 Å². The average molecular weight is 296 g/mol. The average Bonchev–Trinajstić information content (AvgIpc) is 3.00. The molecule has 2 aromatic heterocycles. The third kappa shape index (κ3) is 1.88. The summed E-state index contributed by atoms with van der Waals surface area (Å²) in [5.41, 5.74) is 12.7. The Morgan fingerprint density at radius 2 is 2.24 bits per heavy atom. The molecular weight excluding hydrogens is 280 g/mol. The molecule has 21 heavy (non-hydrogen) atoms. The van der Waals surface area contributed by atoms with E-state index in [4.69, 9.17) is 20.9 Å². The lowest BCUT2D eigenvalue weighted by molar-refractivity contribution is -0.149. The van der Waals surface area contributed by atoms with E-state index in [1.165, 1.54) is 24.3 Å². The lowest BCUT2D eigenvalue weighted by Crippen LogP contribution is -2.53. The Bertz CT molecular complexity index is 663. The van der Waals surface area contributed by atoms with Gasteiger partial charge in [-0.25, -0.2) is 15.0 Å². The summed E-state index contributed by atoms with van der Waals surface area (Å²) in [7, 11) is 1.39. The van der Waals surface area contributed by atoms with E-state index in [2.05, 4.69) is 15.0 Å². The van der Waals surface area contributed by atoms with Crippen molar-refractivity contribution in [3.8, 4) is 0 Å². The van der Waals surface area contributed by atoms with Crippen LogP contribution in [0, 0.1) is 0 Å². The first-order chi connectivity index (χ1) is 10.0. The van der Waals surface area contributed by atoms with Crippen molar-refractivity contribution in [1.29, 1.82) is 0 Å². The van der Waals surface area contributed by atoms with Crippen molar-refractivity contribution >= 4 is 17.0 Å². The largest absolute Gasteiger partial charge is 0.394 e. The number of nitrogens with two attached hydrogens (primary N) is 2. The molecule has 1 fully saturated rings. The number of anilines is 1. The summed E-state index contributed by atoms with van der Waals surface area (Å²) in [6.45, 7) is -0.399. The van der Waals surface area contributed by atoms with E-state index in [0.29, 0.717) is 11.2 Å². The van der Waals surface area contributed by atoms with Crippen molar-refractivity contribution in [2.24, 2.45) is 5.73 Å². The van der Waals surface area contributed by atoms with Crippen molar-refractivity contribution in [3.05, 3.63) is 12.7 Å². The summed E-state index contributed by atoms with van der Waals surface area (Å²) >= 11 is 0. The van der Waals surface area contributed by atoms with Crippen LogP contribution >= 0.6 is 0 Å². The molecule has 10 nitrogen and oxygen atoms in total. The van der Waals surface area contributed by atoms with Gasteiger partial charge in [-0.1, -0.05) is 0 Å². The quantitative estimate of drug-likeness (QED) is 0.491. The van der Waals surface area contributed by atoms with Crippen LogP contribution in [-0.4, -0.2) is 61.8 Å². The molecule has 1 aliphatic rings. The first-order valence-corrected chi connectivity index (χ1v) is 6.25. The number of aliphatic hydroxyl groups excluding tert-OH is 2. The zero-order valence-corrected chi connectivity index (χ0v) is 11.2. The molecule has 0 aromatic carbocycles. The number of rotatable bonds is 3. The lowest BCUT2D eigenvalue weighted by atomic mass is 10.1. The number of hydrogen-bond acceptors (Lipinski definition) is 9. The molecular formula is C11H16N6O4. The molecule has 0 bridgehead atoms. The van der Waals surface area contributed by atoms with Crippen molar-refractivity contribution in [2.75, 3.05) is 19.5 Å². The predicted molar refractivity (Wildman–Crippen MR) is 70.7 cm³/mol. The highest BCUT2D eigenvalue weighted by Gasteiger charge is 2.55. The molecule has 114 valence electrons. The molecule has 0 unspecified atom stereocenters. The minimum atomic E-state index is -1.57. The lowest BCUT2D eigenvalue weighted by Gasteiger charge is -2.30. The first kappa shape index (κ1) is 14.1. The second-order valence-corrected chi connectivity index (χ2v) is 4.78. The molecule has 0 amide bonds. The maximum atomic E-state index is 10.1. The van der Waals surface area contributed by atoms with E-state index in [1.54, 1.807) is 0 Å². The number of methoxy groups -OCH3 is 1. The Balaban J connectivity index is 2.14. The zero-order valence-electron chi connectivity index (χ0n) is 11.2. The summed E-state index contributed by atoms with van der Waals surface area (Å²) in [4.78, 5) is 12.0. The Labute approximate surface area is 119 Å². The van der Waals surface area contributed by atoms with Gasteiger partial charge in [0, 0.05) is 7.11 Å². The molecule has 0 saturated carbocycles. The van der Waals surface area contributed by atoms with Gasteiger partial charge in [0.15, 0.2) is 11.5 Å². The van der Waals surface area contributed by atoms with Gasteiger partial charge < -0.3 is 25.4 Å². The predicted octanol–water partition coefficient (Wildman–Crippen LogP) is -2.26. The highest BCUT2D eigenvalue weighted by molar-refractivity contribution is 5.81. The summed E-state index contributed by atoms with van der Waals surface area (Å²) < 4.78 is 12.2. The van der Waals surface area contributed by atoms with Crippen LogP contribution in [0.25, 0.3) is 11.2 Å². The fourth-order valence-corrected chi connectivity index (χ4v) is 2.57. The Morgan fingerprint density at radius 3 is 2.90 bits per heavy atom. The van der Waals surface area contributed by atoms with Gasteiger partial charge in [0.25, 0.3) is 0 Å². The van der Waals surface area contributed by atoms with Crippen LogP contribution in [0.3, 0.4) is 0 Å². The summed E-state index contributed by atoms with van der Waals surface area (Å²) in [6, 6.07) is 0. The van der Waals surface area contributed by atoms with Crippen LogP contribution < -0.4 is 11.5 Å². The number of fused-ring (bicyclic) bond motifs is 1. The van der Waals surface area contributed by atoms with Gasteiger partial charge >= 0.3 is 0 Å². The number of imidazole rings is 1. The third-order valence-corrected chi connectivity index (χ3v) is 3.61. The van der Waals surface area contributed by atoms with Crippen molar-refractivity contribution in [2.45, 2.75) is 24.2 Å². The molecule has 0 spiro atoms. The van der Waals surface area contributed by atoms with Crippen LogP contribution in [0.4, 0.5) is 5.82 Å². The van der Waals surface area contributed by atoms with E-state index >= 15 is 0 Å². The van der Waals surface area contributed by atoms with Crippen molar-refractivity contribution in [3.63, 3.8) is 0 Å². The van der Waals surface area contributed by atoms with Crippen LogP contribution in [0.5, 0.6) is 0 Å². The van der Waals surface area contributed by atoms with Gasteiger partial charge in [-0.2, -0.15) is 0 Å². The zero-order chi connectivity index (χ0) is 15.2. The fraction of sp³-hybridized carbons (Fsp3) is 0.545. The normalized spacial score (nSPS) is 32.9. The van der Waals surface area contributed by atoms with Crippen molar-refractivity contribution in [1.82, 2.24) is 19.5 Å². The van der Waals surface area contributed by atoms with Crippen LogP contribution in [0.1, 0.15) is 0 Å². The summed E-state index contributed by atoms with van der Waals surface area (Å²) in [6.07, 6.45) is -0.231. The van der Waals surface area contributed by atoms with Gasteiger partial charge in [0.1, 0.15) is 36.5 Å². The third-order valence-electron chi connectivity index (χ3n) is 3.61. The Hall–Kier alpha value is -1.85. The highest BCUT2D eigenvalue weighted by atomic mass is 16.6. The molecule has 0 aliphatic carbocycles. The smallest absolute Gasteiger partial charge is 0.232 e. The van der Waals surface area contributed by atoms with E-state index in [0.717, 1.165) is 0 Å². The van der Waals surface area contributed by atoms with E-state index in [-0.39, 0.29) is 5.82 Å². The Morgan fingerprint density at radius 1 is 1.48 bits per heavy atom. The first-order valence-electron chi connectivity index (χ1n) is 6.25. The van der Waals surface area contributed by atoms with Gasteiger partial charge in [-0.05, 0) is 0 Å². The number of aromatic nitrogens is 4. The molecule has 6 N–H and O–H groups in total. The number of aliphatic hydroxyl groups is 2. The summed E-state index contributed by atoms with van der Waals surface area (Å²) in [5, 5.41) is 19.4. The van der Waals surface area contributed by atoms with Crippen LogP contribution in [-0.2, 0) is 15.3 Å². The molecule has 1 saturated heterocycles. The molecule has 4 atom stereocenters. The van der Waals surface area contributed by atoms with Crippen molar-refractivity contribution < 1.29 is 19.7 Å². The molecule has 10 heteroatoms. The standard InChI is InChI=1S/C11H16N6O4/c1-20-8-7(19)5(2-18)21-11(8,13)17-4-16-6-9(12)14-3-15-10(6)17/h3-5,7-8,18-19H,2,13H2,1H3,(H2,12,14,15)/t5-,7-,8-,11+/m1/s1. The van der Waals surface area contributed by atoms with E-state index < -0.39 is 30.8 Å². The second kappa shape index (κ2) is 4.86. The van der Waals surface area contributed by atoms with Crippen LogP contribution in [0.15, 0.2) is 12.7 Å². The molecule has 2 aromatic rings. The number of nitrogen functional groups attached to an aromatic ring is 1. The highest BCUT2D eigenvalue weighted by Crippen LogP contribution is 2.35. The minimum absolute atomic E-state index is 0.202. The van der Waals surface area contributed by atoms with Gasteiger partial charge in [0.2, 0.25) is 5.85 Å². The SMILES string of the molecule is CO[C@@H]1[C@H](O)[C@@H](CO)O[C@@]1(N)n1cnc2c(N)ncnc21. The number of hydrogen-bond donors (Lipinski definition) is 4. The monoisotopic (exact) mass is 296 g/mol. The van der Waals surface area contributed by atoms with Gasteiger partial charge in [-0.15, -0.1) is 0 Å². The maximum absolute atomic E-state index is 10.1. The van der Waals surface area contributed by atoms with Crippen LogP contribution in [0.2, 0.25) is 0 Å². The van der Waals surface area contributed by atoms with E-state index in [1.807, 2.05) is 0 Å². The summed E-state index contributed by atoms with van der Waals surface area (Å²) in [5.74, 6) is -1.37. The number of nitrogens with zero attached hydrogens (tertiary/aromatic N) is 4. The maximum Gasteiger partial charge on any atom is 0.232 e. The number of ether oxygens (including phenoxy) is 2. The molecule has 3 rings (SSSR count). The topological polar surface area (TPSA) is 155 Å². The molecule has 1 aliphatic heterocycles.